The number of hydrogen-bond donors (Lipinski definition) is 1. The molecule has 2 atom stereocenters. The Morgan fingerprint density at radius 1 is 1.13 bits per heavy atom. The predicted molar refractivity (Wildman–Crippen MR) is 91.2 cm³/mol. The highest BCUT2D eigenvalue weighted by Crippen LogP contribution is 2.29. The highest BCUT2D eigenvalue weighted by Gasteiger charge is 2.31. The van der Waals surface area contributed by atoms with Gasteiger partial charge in [0.15, 0.2) is 11.5 Å². The third kappa shape index (κ3) is 4.18. The van der Waals surface area contributed by atoms with Crippen LogP contribution in [0.15, 0.2) is 18.2 Å². The van der Waals surface area contributed by atoms with E-state index in [1.54, 1.807) is 13.2 Å². The standard InChI is InChI=1S/C19H29NO3/c1-22-19-9-8-15(14-17(19)21)10-13-23-18-7-3-2-6-16(18)20-11-4-5-12-20/h8-9,14,16,18,21H,2-7,10-13H2,1H3/t16-,18?/m1/s1. The molecule has 0 bridgehead atoms. The zero-order chi connectivity index (χ0) is 16.1. The van der Waals surface area contributed by atoms with Crippen LogP contribution in [-0.4, -0.2) is 49.0 Å². The van der Waals surface area contributed by atoms with Crippen LogP contribution in [0, 0.1) is 0 Å². The normalized spacial score (nSPS) is 25.6. The SMILES string of the molecule is COc1ccc(CCOC2CCCC[C@H]2N2CCCC2)cc1O. The topological polar surface area (TPSA) is 41.9 Å². The van der Waals surface area contributed by atoms with Crippen molar-refractivity contribution < 1.29 is 14.6 Å². The van der Waals surface area contributed by atoms with Gasteiger partial charge >= 0.3 is 0 Å². The molecule has 1 saturated heterocycles. The number of nitrogens with zero attached hydrogens (tertiary/aromatic N) is 1. The first-order valence-corrected chi connectivity index (χ1v) is 8.99. The van der Waals surface area contributed by atoms with Crippen molar-refractivity contribution in [2.75, 3.05) is 26.8 Å². The van der Waals surface area contributed by atoms with Gasteiger partial charge in [-0.25, -0.2) is 0 Å². The summed E-state index contributed by atoms with van der Waals surface area (Å²) in [7, 11) is 1.57. The maximum absolute atomic E-state index is 9.85. The molecule has 1 aliphatic carbocycles. The highest BCUT2D eigenvalue weighted by atomic mass is 16.5. The van der Waals surface area contributed by atoms with E-state index >= 15 is 0 Å². The summed E-state index contributed by atoms with van der Waals surface area (Å²) >= 11 is 0. The molecule has 1 N–H and O–H groups in total. The fourth-order valence-electron chi connectivity index (χ4n) is 3.98. The number of hydrogen-bond acceptors (Lipinski definition) is 4. The van der Waals surface area contributed by atoms with Gasteiger partial charge in [-0.3, -0.25) is 4.90 Å². The largest absolute Gasteiger partial charge is 0.504 e. The maximum atomic E-state index is 9.85. The number of benzene rings is 1. The number of methoxy groups -OCH3 is 1. The van der Waals surface area contributed by atoms with E-state index in [1.165, 1.54) is 51.6 Å². The van der Waals surface area contributed by atoms with E-state index in [1.807, 2.05) is 12.1 Å². The van der Waals surface area contributed by atoms with Gasteiger partial charge in [0.2, 0.25) is 0 Å². The van der Waals surface area contributed by atoms with E-state index < -0.39 is 0 Å². The van der Waals surface area contributed by atoms with Crippen LogP contribution in [0.2, 0.25) is 0 Å². The average Bonchev–Trinajstić information content (AvgIpc) is 3.10. The highest BCUT2D eigenvalue weighted by molar-refractivity contribution is 5.41. The number of phenols is 1. The molecule has 128 valence electrons. The van der Waals surface area contributed by atoms with Gasteiger partial charge in [-0.05, 0) is 62.9 Å². The molecule has 0 spiro atoms. The van der Waals surface area contributed by atoms with Crippen molar-refractivity contribution in [2.45, 2.75) is 57.1 Å². The lowest BCUT2D eigenvalue weighted by Crippen LogP contribution is -2.45. The molecule has 1 aromatic carbocycles. The smallest absolute Gasteiger partial charge is 0.160 e. The van der Waals surface area contributed by atoms with Gasteiger partial charge in [-0.2, -0.15) is 0 Å². The van der Waals surface area contributed by atoms with Crippen molar-refractivity contribution in [3.05, 3.63) is 23.8 Å². The second-order valence-corrected chi connectivity index (χ2v) is 6.76. The molecule has 4 heteroatoms. The van der Waals surface area contributed by atoms with Gasteiger partial charge < -0.3 is 14.6 Å². The van der Waals surface area contributed by atoms with Crippen molar-refractivity contribution in [3.8, 4) is 11.5 Å². The summed E-state index contributed by atoms with van der Waals surface area (Å²) in [6, 6.07) is 6.22. The summed E-state index contributed by atoms with van der Waals surface area (Å²) in [4.78, 5) is 2.64. The third-order valence-electron chi connectivity index (χ3n) is 5.24. The Balaban J connectivity index is 1.51. The van der Waals surface area contributed by atoms with Crippen LogP contribution < -0.4 is 4.74 Å². The second kappa shape index (κ2) is 8.02. The molecular weight excluding hydrogens is 290 g/mol. The van der Waals surface area contributed by atoms with E-state index in [0.29, 0.717) is 17.9 Å². The fourth-order valence-corrected chi connectivity index (χ4v) is 3.98. The van der Waals surface area contributed by atoms with Crippen LogP contribution in [0.1, 0.15) is 44.1 Å². The third-order valence-corrected chi connectivity index (χ3v) is 5.24. The molecule has 0 aromatic heterocycles. The Morgan fingerprint density at radius 3 is 2.65 bits per heavy atom. The maximum Gasteiger partial charge on any atom is 0.160 e. The summed E-state index contributed by atoms with van der Waals surface area (Å²) in [6.45, 7) is 3.22. The summed E-state index contributed by atoms with van der Waals surface area (Å²) in [5.41, 5.74) is 1.09. The molecule has 2 aliphatic rings. The molecule has 1 aromatic rings. The molecule has 2 fully saturated rings. The van der Waals surface area contributed by atoms with Crippen molar-refractivity contribution in [2.24, 2.45) is 0 Å². The van der Waals surface area contributed by atoms with Gasteiger partial charge in [0.25, 0.3) is 0 Å². The van der Waals surface area contributed by atoms with Crippen molar-refractivity contribution in [1.82, 2.24) is 4.90 Å². The summed E-state index contributed by atoms with van der Waals surface area (Å²) in [6.07, 6.45) is 9.01. The number of rotatable bonds is 6. The second-order valence-electron chi connectivity index (χ2n) is 6.76. The zero-order valence-electron chi connectivity index (χ0n) is 14.2. The Bertz CT molecular complexity index is 499. The summed E-state index contributed by atoms with van der Waals surface area (Å²) in [5.74, 6) is 0.730. The van der Waals surface area contributed by atoms with Gasteiger partial charge in [-0.15, -0.1) is 0 Å². The summed E-state index contributed by atoms with van der Waals surface area (Å²) in [5, 5.41) is 9.85. The molecule has 0 amide bonds. The molecule has 1 saturated carbocycles. The Hall–Kier alpha value is -1.26. The lowest BCUT2D eigenvalue weighted by Gasteiger charge is -2.37. The molecular formula is C19H29NO3. The van der Waals surface area contributed by atoms with Gasteiger partial charge in [0.1, 0.15) is 0 Å². The zero-order valence-corrected chi connectivity index (χ0v) is 14.2. The van der Waals surface area contributed by atoms with E-state index in [-0.39, 0.29) is 5.75 Å². The fraction of sp³-hybridized carbons (Fsp3) is 0.684. The molecule has 23 heavy (non-hydrogen) atoms. The van der Waals surface area contributed by atoms with E-state index in [0.717, 1.165) is 18.6 Å². The lowest BCUT2D eigenvalue weighted by atomic mass is 9.91. The molecule has 1 heterocycles. The number of aromatic hydroxyl groups is 1. The van der Waals surface area contributed by atoms with E-state index in [2.05, 4.69) is 4.90 Å². The minimum Gasteiger partial charge on any atom is -0.504 e. The van der Waals surface area contributed by atoms with E-state index in [9.17, 15) is 5.11 Å². The minimum atomic E-state index is 0.206. The molecule has 1 unspecified atom stereocenters. The minimum absolute atomic E-state index is 0.206. The van der Waals surface area contributed by atoms with E-state index in [4.69, 9.17) is 9.47 Å². The Morgan fingerprint density at radius 2 is 1.91 bits per heavy atom. The van der Waals surface area contributed by atoms with Crippen molar-refractivity contribution >= 4 is 0 Å². The first-order chi connectivity index (χ1) is 11.3. The monoisotopic (exact) mass is 319 g/mol. The number of ether oxygens (including phenoxy) is 2. The van der Waals surface area contributed by atoms with Crippen LogP contribution in [0.4, 0.5) is 0 Å². The molecule has 0 radical (unpaired) electrons. The van der Waals surface area contributed by atoms with Crippen molar-refractivity contribution in [1.29, 1.82) is 0 Å². The van der Waals surface area contributed by atoms with Crippen LogP contribution in [0.5, 0.6) is 11.5 Å². The summed E-state index contributed by atoms with van der Waals surface area (Å²) < 4.78 is 11.3. The average molecular weight is 319 g/mol. The number of likely N-dealkylation sites (tertiary alicyclic amines) is 1. The van der Waals surface area contributed by atoms with Crippen LogP contribution >= 0.6 is 0 Å². The quantitative estimate of drug-likeness (QED) is 0.873. The predicted octanol–water partition coefficient (Wildman–Crippen LogP) is 3.37. The lowest BCUT2D eigenvalue weighted by molar-refractivity contribution is -0.0290. The molecule has 3 rings (SSSR count). The Kier molecular flexibility index (Phi) is 5.79. The molecule has 4 nitrogen and oxygen atoms in total. The van der Waals surface area contributed by atoms with Gasteiger partial charge in [0, 0.05) is 6.04 Å². The first kappa shape index (κ1) is 16.6. The molecule has 1 aliphatic heterocycles. The van der Waals surface area contributed by atoms with Gasteiger partial charge in [-0.1, -0.05) is 18.9 Å². The van der Waals surface area contributed by atoms with Crippen LogP contribution in [-0.2, 0) is 11.2 Å². The first-order valence-electron chi connectivity index (χ1n) is 8.99. The van der Waals surface area contributed by atoms with Crippen LogP contribution in [0.25, 0.3) is 0 Å². The van der Waals surface area contributed by atoms with Gasteiger partial charge in [0.05, 0.1) is 19.8 Å². The Labute approximate surface area is 139 Å². The van der Waals surface area contributed by atoms with Crippen LogP contribution in [0.3, 0.4) is 0 Å². The van der Waals surface area contributed by atoms with Crippen molar-refractivity contribution in [3.63, 3.8) is 0 Å². The number of phenolic OH excluding ortho intramolecular Hbond substituents is 1.